The van der Waals surface area contributed by atoms with E-state index in [9.17, 15) is 0 Å². The summed E-state index contributed by atoms with van der Waals surface area (Å²) in [6.45, 7) is 6.73. The zero-order chi connectivity index (χ0) is 14.1. The van der Waals surface area contributed by atoms with Gasteiger partial charge >= 0.3 is 0 Å². The van der Waals surface area contributed by atoms with Crippen LogP contribution in [0.25, 0.3) is 0 Å². The Morgan fingerprint density at radius 1 is 1.30 bits per heavy atom. The van der Waals surface area contributed by atoms with Gasteiger partial charge in [0.25, 0.3) is 0 Å². The Morgan fingerprint density at radius 2 is 2.10 bits per heavy atom. The molecule has 2 fully saturated rings. The molecule has 0 amide bonds. The lowest BCUT2D eigenvalue weighted by atomic mass is 10.1. The van der Waals surface area contributed by atoms with Crippen molar-refractivity contribution in [3.8, 4) is 0 Å². The Hall–Kier alpha value is -0.580. The van der Waals surface area contributed by atoms with Crippen LogP contribution in [0.5, 0.6) is 0 Å². The van der Waals surface area contributed by atoms with E-state index in [2.05, 4.69) is 63.2 Å². The second-order valence-corrected chi connectivity index (χ2v) is 7.15. The lowest BCUT2D eigenvalue weighted by Crippen LogP contribution is -2.50. The molecule has 3 nitrogen and oxygen atoms in total. The van der Waals surface area contributed by atoms with Gasteiger partial charge in [0.1, 0.15) is 0 Å². The summed E-state index contributed by atoms with van der Waals surface area (Å²) in [6, 6.07) is 8.05. The summed E-state index contributed by atoms with van der Waals surface area (Å²) in [5, 5.41) is 3.65. The fraction of sp³-hybridized carbons (Fsp3) is 0.625. The predicted octanol–water partition coefficient (Wildman–Crippen LogP) is 2.84. The zero-order valence-electron chi connectivity index (χ0n) is 12.4. The van der Waals surface area contributed by atoms with Gasteiger partial charge in [-0.2, -0.15) is 0 Å². The zero-order valence-corrected chi connectivity index (χ0v) is 14.0. The van der Waals surface area contributed by atoms with E-state index < -0.39 is 0 Å². The van der Waals surface area contributed by atoms with Crippen molar-refractivity contribution in [2.45, 2.75) is 38.4 Å². The SMILES string of the molecule is CC1CN(C)CCN1c1ccc(Br)cc1CNC1CC1. The number of nitrogens with one attached hydrogen (secondary N) is 1. The first-order valence-electron chi connectivity index (χ1n) is 7.60. The summed E-state index contributed by atoms with van der Waals surface area (Å²) in [5.74, 6) is 0. The van der Waals surface area contributed by atoms with Gasteiger partial charge in [-0.1, -0.05) is 15.9 Å². The van der Waals surface area contributed by atoms with Crippen molar-refractivity contribution in [3.05, 3.63) is 28.2 Å². The number of benzene rings is 1. The summed E-state index contributed by atoms with van der Waals surface area (Å²) in [6.07, 6.45) is 2.68. The van der Waals surface area contributed by atoms with Gasteiger partial charge in [0, 0.05) is 48.4 Å². The van der Waals surface area contributed by atoms with Crippen LogP contribution in [0.2, 0.25) is 0 Å². The molecule has 0 radical (unpaired) electrons. The van der Waals surface area contributed by atoms with Crippen molar-refractivity contribution >= 4 is 21.6 Å². The molecule has 0 aromatic heterocycles. The van der Waals surface area contributed by atoms with E-state index in [0.717, 1.165) is 32.2 Å². The van der Waals surface area contributed by atoms with E-state index in [1.165, 1.54) is 28.6 Å². The summed E-state index contributed by atoms with van der Waals surface area (Å²) < 4.78 is 1.18. The highest BCUT2D eigenvalue weighted by atomic mass is 79.9. The lowest BCUT2D eigenvalue weighted by Gasteiger charge is -2.40. The molecular formula is C16H24BrN3. The summed E-state index contributed by atoms with van der Waals surface area (Å²) >= 11 is 3.61. The van der Waals surface area contributed by atoms with Gasteiger partial charge in [-0.15, -0.1) is 0 Å². The van der Waals surface area contributed by atoms with E-state index in [0.29, 0.717) is 6.04 Å². The number of anilines is 1. The molecule has 0 spiro atoms. The molecule has 1 aromatic rings. The van der Waals surface area contributed by atoms with Crippen LogP contribution in [0.1, 0.15) is 25.3 Å². The van der Waals surface area contributed by atoms with Crippen LogP contribution in [0.15, 0.2) is 22.7 Å². The Bertz CT molecular complexity index is 473. The molecule has 4 heteroatoms. The summed E-state index contributed by atoms with van der Waals surface area (Å²) in [4.78, 5) is 4.98. The number of nitrogens with zero attached hydrogens (tertiary/aromatic N) is 2. The van der Waals surface area contributed by atoms with E-state index in [1.54, 1.807) is 0 Å². The lowest BCUT2D eigenvalue weighted by molar-refractivity contribution is 0.275. The number of rotatable bonds is 4. The van der Waals surface area contributed by atoms with Crippen LogP contribution >= 0.6 is 15.9 Å². The minimum atomic E-state index is 0.578. The molecule has 1 aliphatic heterocycles. The van der Waals surface area contributed by atoms with Crippen LogP contribution < -0.4 is 10.2 Å². The molecule has 1 unspecified atom stereocenters. The molecule has 3 rings (SSSR count). The molecule has 0 bridgehead atoms. The van der Waals surface area contributed by atoms with Gasteiger partial charge < -0.3 is 15.1 Å². The van der Waals surface area contributed by atoms with Crippen LogP contribution in [0.3, 0.4) is 0 Å². The quantitative estimate of drug-likeness (QED) is 0.911. The standard InChI is InChI=1S/C16H24BrN3/c1-12-11-19(2)7-8-20(12)16-6-3-14(17)9-13(16)10-18-15-4-5-15/h3,6,9,12,15,18H,4-5,7-8,10-11H2,1-2H3. The Kier molecular flexibility index (Phi) is 4.34. The molecule has 110 valence electrons. The Labute approximate surface area is 130 Å². The van der Waals surface area contributed by atoms with Crippen molar-refractivity contribution in [2.24, 2.45) is 0 Å². The van der Waals surface area contributed by atoms with Gasteiger partial charge in [0.15, 0.2) is 0 Å². The van der Waals surface area contributed by atoms with Crippen molar-refractivity contribution in [1.29, 1.82) is 0 Å². The molecular weight excluding hydrogens is 314 g/mol. The molecule has 1 N–H and O–H groups in total. The van der Waals surface area contributed by atoms with Gasteiger partial charge in [0.05, 0.1) is 0 Å². The van der Waals surface area contributed by atoms with E-state index >= 15 is 0 Å². The minimum absolute atomic E-state index is 0.578. The molecule has 1 atom stereocenters. The third-order valence-corrected chi connectivity index (χ3v) is 4.83. The third-order valence-electron chi connectivity index (χ3n) is 4.34. The predicted molar refractivity (Wildman–Crippen MR) is 88.3 cm³/mol. The highest BCUT2D eigenvalue weighted by Gasteiger charge is 2.25. The average molecular weight is 338 g/mol. The van der Waals surface area contributed by atoms with Gasteiger partial charge in [-0.25, -0.2) is 0 Å². The van der Waals surface area contributed by atoms with Crippen LogP contribution in [0.4, 0.5) is 5.69 Å². The fourth-order valence-electron chi connectivity index (χ4n) is 3.02. The maximum atomic E-state index is 3.65. The maximum absolute atomic E-state index is 3.65. The number of halogens is 1. The van der Waals surface area contributed by atoms with Crippen LogP contribution in [-0.2, 0) is 6.54 Å². The number of hydrogen-bond donors (Lipinski definition) is 1. The number of likely N-dealkylation sites (N-methyl/N-ethyl adjacent to an activating group) is 1. The van der Waals surface area contributed by atoms with E-state index in [-0.39, 0.29) is 0 Å². The minimum Gasteiger partial charge on any atom is -0.366 e. The topological polar surface area (TPSA) is 18.5 Å². The Morgan fingerprint density at radius 3 is 2.80 bits per heavy atom. The average Bonchev–Trinajstić information content (AvgIpc) is 3.21. The first-order valence-corrected chi connectivity index (χ1v) is 8.40. The molecule has 1 heterocycles. The van der Waals surface area contributed by atoms with E-state index in [1.807, 2.05) is 0 Å². The Balaban J connectivity index is 1.79. The first-order chi connectivity index (χ1) is 9.63. The molecule has 1 aliphatic carbocycles. The second-order valence-electron chi connectivity index (χ2n) is 6.23. The number of hydrogen-bond acceptors (Lipinski definition) is 3. The fourth-order valence-corrected chi connectivity index (χ4v) is 3.42. The third kappa shape index (κ3) is 3.35. The monoisotopic (exact) mass is 337 g/mol. The highest BCUT2D eigenvalue weighted by molar-refractivity contribution is 9.10. The molecule has 1 saturated heterocycles. The van der Waals surface area contributed by atoms with Crippen molar-refractivity contribution in [2.75, 3.05) is 31.6 Å². The van der Waals surface area contributed by atoms with Crippen molar-refractivity contribution in [3.63, 3.8) is 0 Å². The van der Waals surface area contributed by atoms with Crippen molar-refractivity contribution < 1.29 is 0 Å². The van der Waals surface area contributed by atoms with Crippen LogP contribution in [0, 0.1) is 0 Å². The van der Waals surface area contributed by atoms with Gasteiger partial charge in [0.2, 0.25) is 0 Å². The normalized spacial score (nSPS) is 24.1. The first kappa shape index (κ1) is 14.4. The molecule has 2 aliphatic rings. The van der Waals surface area contributed by atoms with Crippen molar-refractivity contribution in [1.82, 2.24) is 10.2 Å². The summed E-state index contributed by atoms with van der Waals surface area (Å²) in [7, 11) is 2.21. The molecule has 1 saturated carbocycles. The smallest absolute Gasteiger partial charge is 0.0415 e. The van der Waals surface area contributed by atoms with Gasteiger partial charge in [-0.3, -0.25) is 0 Å². The van der Waals surface area contributed by atoms with E-state index in [4.69, 9.17) is 0 Å². The summed E-state index contributed by atoms with van der Waals surface area (Å²) in [5.41, 5.74) is 2.82. The number of piperazine rings is 1. The molecule has 20 heavy (non-hydrogen) atoms. The highest BCUT2D eigenvalue weighted by Crippen LogP contribution is 2.29. The second kappa shape index (κ2) is 6.04. The molecule has 1 aromatic carbocycles. The van der Waals surface area contributed by atoms with Crippen LogP contribution in [-0.4, -0.2) is 43.7 Å². The van der Waals surface area contributed by atoms with Gasteiger partial charge in [-0.05, 0) is 50.6 Å². The largest absolute Gasteiger partial charge is 0.366 e. The maximum Gasteiger partial charge on any atom is 0.0415 e.